The Kier molecular flexibility index (Phi) is 9.25. The lowest BCUT2D eigenvalue weighted by atomic mass is 9.97. The van der Waals surface area contributed by atoms with E-state index in [1.807, 2.05) is 24.3 Å². The van der Waals surface area contributed by atoms with Crippen LogP contribution in [-0.2, 0) is 4.79 Å². The molecule has 5 nitrogen and oxygen atoms in total. The number of aliphatic hydroxyl groups excluding tert-OH is 1. The van der Waals surface area contributed by atoms with Crippen LogP contribution in [0.25, 0.3) is 0 Å². The zero-order valence-electron chi connectivity index (χ0n) is 12.6. The Bertz CT molecular complexity index is 449. The molecule has 0 bridgehead atoms. The van der Waals surface area contributed by atoms with Crippen molar-refractivity contribution in [1.82, 2.24) is 0 Å². The number of piperidine rings is 1. The van der Waals surface area contributed by atoms with Crippen LogP contribution >= 0.6 is 24.8 Å². The molecule has 0 aromatic heterocycles. The molecule has 7 heteroatoms. The Morgan fingerprint density at radius 1 is 1.27 bits per heavy atom. The Balaban J connectivity index is 0.00000220. The fourth-order valence-corrected chi connectivity index (χ4v) is 2.45. The Morgan fingerprint density at radius 3 is 2.27 bits per heavy atom. The third-order valence-corrected chi connectivity index (χ3v) is 3.86. The van der Waals surface area contributed by atoms with Gasteiger partial charge in [-0.05, 0) is 49.9 Å². The van der Waals surface area contributed by atoms with Crippen molar-refractivity contribution in [2.75, 3.05) is 29.9 Å². The molecular formula is C15H24Cl2N2O3. The third kappa shape index (κ3) is 5.55. The molecule has 3 N–H and O–H groups in total. The van der Waals surface area contributed by atoms with Gasteiger partial charge in [-0.1, -0.05) is 0 Å². The van der Waals surface area contributed by atoms with Crippen molar-refractivity contribution in [3.63, 3.8) is 0 Å². The minimum atomic E-state index is -0.861. The highest BCUT2D eigenvalue weighted by molar-refractivity contribution is 5.85. The van der Waals surface area contributed by atoms with Crippen LogP contribution in [0, 0.1) is 5.92 Å². The first kappa shape index (κ1) is 20.8. The van der Waals surface area contributed by atoms with Crippen molar-refractivity contribution in [3.8, 4) is 0 Å². The largest absolute Gasteiger partial charge is 0.480 e. The lowest BCUT2D eigenvalue weighted by Gasteiger charge is -2.33. The van der Waals surface area contributed by atoms with Crippen LogP contribution < -0.4 is 10.2 Å². The van der Waals surface area contributed by atoms with Crippen LogP contribution in [0.1, 0.15) is 19.8 Å². The summed E-state index contributed by atoms with van der Waals surface area (Å²) in [6.45, 7) is 3.83. The number of rotatable bonds is 5. The van der Waals surface area contributed by atoms with Crippen LogP contribution in [0.15, 0.2) is 24.3 Å². The number of nitrogens with one attached hydrogen (secondary N) is 1. The number of carboxylic acids is 1. The average molecular weight is 351 g/mol. The summed E-state index contributed by atoms with van der Waals surface area (Å²) < 4.78 is 0. The van der Waals surface area contributed by atoms with E-state index in [1.54, 1.807) is 6.92 Å². The van der Waals surface area contributed by atoms with E-state index < -0.39 is 12.0 Å². The van der Waals surface area contributed by atoms with Crippen molar-refractivity contribution in [3.05, 3.63) is 24.3 Å². The molecule has 1 fully saturated rings. The number of carbonyl (C=O) groups is 1. The smallest absolute Gasteiger partial charge is 0.325 e. The molecule has 1 heterocycles. The van der Waals surface area contributed by atoms with Gasteiger partial charge in [0.25, 0.3) is 0 Å². The van der Waals surface area contributed by atoms with Crippen molar-refractivity contribution in [2.45, 2.75) is 25.8 Å². The summed E-state index contributed by atoms with van der Waals surface area (Å²) in [5.74, 6) is -0.427. The van der Waals surface area contributed by atoms with Gasteiger partial charge < -0.3 is 20.4 Å². The molecular weight excluding hydrogens is 327 g/mol. The van der Waals surface area contributed by atoms with Gasteiger partial charge >= 0.3 is 5.97 Å². The quantitative estimate of drug-likeness (QED) is 0.761. The Morgan fingerprint density at radius 2 is 1.82 bits per heavy atom. The van der Waals surface area contributed by atoms with Gasteiger partial charge in [-0.25, -0.2) is 0 Å². The minimum Gasteiger partial charge on any atom is -0.480 e. The number of anilines is 2. The number of aliphatic hydroxyl groups is 1. The molecule has 0 unspecified atom stereocenters. The fourth-order valence-electron chi connectivity index (χ4n) is 2.45. The number of hydrogen-bond donors (Lipinski definition) is 3. The first-order chi connectivity index (χ1) is 9.60. The van der Waals surface area contributed by atoms with E-state index in [2.05, 4.69) is 10.2 Å². The minimum absolute atomic E-state index is 0. The Hall–Kier alpha value is -1.17. The second-order valence-electron chi connectivity index (χ2n) is 5.36. The number of halogens is 2. The predicted molar refractivity (Wildman–Crippen MR) is 93.7 cm³/mol. The van der Waals surface area contributed by atoms with E-state index in [9.17, 15) is 4.79 Å². The van der Waals surface area contributed by atoms with Gasteiger partial charge in [-0.2, -0.15) is 0 Å². The number of hydrogen-bond acceptors (Lipinski definition) is 4. The van der Waals surface area contributed by atoms with E-state index in [0.29, 0.717) is 5.92 Å². The number of aliphatic carboxylic acids is 1. The maximum Gasteiger partial charge on any atom is 0.325 e. The molecule has 22 heavy (non-hydrogen) atoms. The molecule has 1 atom stereocenters. The van der Waals surface area contributed by atoms with Crippen LogP contribution in [0.3, 0.4) is 0 Å². The molecule has 0 amide bonds. The lowest BCUT2D eigenvalue weighted by molar-refractivity contribution is -0.137. The van der Waals surface area contributed by atoms with E-state index in [4.69, 9.17) is 10.2 Å². The van der Waals surface area contributed by atoms with Crippen molar-refractivity contribution < 1.29 is 15.0 Å². The first-order valence-corrected chi connectivity index (χ1v) is 7.05. The van der Waals surface area contributed by atoms with Gasteiger partial charge in [0.2, 0.25) is 0 Å². The van der Waals surface area contributed by atoms with Gasteiger partial charge in [0.1, 0.15) is 6.04 Å². The molecule has 1 aromatic rings. The van der Waals surface area contributed by atoms with Crippen molar-refractivity contribution >= 4 is 42.2 Å². The molecule has 1 saturated heterocycles. The maximum absolute atomic E-state index is 10.8. The number of benzene rings is 1. The molecule has 1 aromatic carbocycles. The molecule has 0 spiro atoms. The molecule has 0 saturated carbocycles. The van der Waals surface area contributed by atoms with E-state index in [0.717, 1.165) is 37.3 Å². The average Bonchev–Trinajstić information content (AvgIpc) is 2.48. The highest BCUT2D eigenvalue weighted by Gasteiger charge is 2.18. The van der Waals surface area contributed by atoms with Crippen LogP contribution in [0.2, 0.25) is 0 Å². The second-order valence-corrected chi connectivity index (χ2v) is 5.36. The van der Waals surface area contributed by atoms with E-state index in [1.165, 1.54) is 0 Å². The predicted octanol–water partition coefficient (Wildman–Crippen LogP) is 2.62. The maximum atomic E-state index is 10.8. The normalized spacial score (nSPS) is 16.2. The van der Waals surface area contributed by atoms with Gasteiger partial charge in [0, 0.05) is 31.1 Å². The lowest BCUT2D eigenvalue weighted by Crippen LogP contribution is -2.34. The monoisotopic (exact) mass is 350 g/mol. The summed E-state index contributed by atoms with van der Waals surface area (Å²) in [6.07, 6.45) is 2.04. The summed E-state index contributed by atoms with van der Waals surface area (Å²) in [4.78, 5) is 13.1. The highest BCUT2D eigenvalue weighted by Crippen LogP contribution is 2.24. The molecule has 126 valence electrons. The molecule has 0 radical (unpaired) electrons. The summed E-state index contributed by atoms with van der Waals surface area (Å²) in [7, 11) is 0. The first-order valence-electron chi connectivity index (χ1n) is 7.05. The van der Waals surface area contributed by atoms with Crippen LogP contribution in [0.5, 0.6) is 0 Å². The molecule has 1 aliphatic heterocycles. The summed E-state index contributed by atoms with van der Waals surface area (Å²) in [5, 5.41) is 20.9. The molecule has 2 rings (SSSR count). The number of carboxylic acid groups (broad SMARTS) is 1. The van der Waals surface area contributed by atoms with Crippen molar-refractivity contribution in [1.29, 1.82) is 0 Å². The topological polar surface area (TPSA) is 72.8 Å². The van der Waals surface area contributed by atoms with Gasteiger partial charge in [-0.3, -0.25) is 4.79 Å². The summed E-state index contributed by atoms with van der Waals surface area (Å²) in [5.41, 5.74) is 1.96. The molecule has 0 aliphatic carbocycles. The highest BCUT2D eigenvalue weighted by atomic mass is 35.5. The zero-order chi connectivity index (χ0) is 14.5. The van der Waals surface area contributed by atoms with Gasteiger partial charge in [-0.15, -0.1) is 24.8 Å². The second kappa shape index (κ2) is 9.77. The molecule has 1 aliphatic rings. The summed E-state index contributed by atoms with van der Waals surface area (Å²) in [6, 6.07) is 7.24. The standard InChI is InChI=1S/C15H22N2O3.2ClH/c1-11(15(19)20)16-13-2-4-14(5-3-13)17-8-6-12(10-18)7-9-17;;/h2-5,11-12,16,18H,6-10H2,1H3,(H,19,20);2*1H/t11-;;/m0../s1. The Labute approximate surface area is 143 Å². The van der Waals surface area contributed by atoms with Gasteiger partial charge in [0.15, 0.2) is 0 Å². The number of nitrogens with zero attached hydrogens (tertiary/aromatic N) is 1. The third-order valence-electron chi connectivity index (χ3n) is 3.86. The van der Waals surface area contributed by atoms with Crippen LogP contribution in [0.4, 0.5) is 11.4 Å². The van der Waals surface area contributed by atoms with Crippen LogP contribution in [-0.4, -0.2) is 41.9 Å². The van der Waals surface area contributed by atoms with Crippen molar-refractivity contribution in [2.24, 2.45) is 5.92 Å². The zero-order valence-corrected chi connectivity index (χ0v) is 14.2. The van der Waals surface area contributed by atoms with Gasteiger partial charge in [0.05, 0.1) is 0 Å². The fraction of sp³-hybridized carbons (Fsp3) is 0.533. The SMILES string of the molecule is C[C@H](Nc1ccc(N2CCC(CO)CC2)cc1)C(=O)O.Cl.Cl. The van der Waals surface area contributed by atoms with E-state index >= 15 is 0 Å². The van der Waals surface area contributed by atoms with E-state index in [-0.39, 0.29) is 31.4 Å². The summed E-state index contributed by atoms with van der Waals surface area (Å²) >= 11 is 0.